The maximum atomic E-state index is 12.2. The number of phenols is 2. The van der Waals surface area contributed by atoms with Gasteiger partial charge in [-0.15, -0.1) is 0 Å². The number of aromatic hydroxyl groups is 2. The first-order valence-corrected chi connectivity index (χ1v) is 6.32. The molecule has 1 aromatic carbocycles. The Hall–Kier alpha value is -2.24. The summed E-state index contributed by atoms with van der Waals surface area (Å²) < 4.78 is 4.82. The molecule has 2 N–H and O–H groups in total. The summed E-state index contributed by atoms with van der Waals surface area (Å²) in [6, 6.07) is 3.77. The quantitative estimate of drug-likeness (QED) is 0.631. The smallest absolute Gasteiger partial charge is 0.307 e. The van der Waals surface area contributed by atoms with Crippen molar-refractivity contribution >= 4 is 11.9 Å². The van der Waals surface area contributed by atoms with Gasteiger partial charge in [0.1, 0.15) is 0 Å². The lowest BCUT2D eigenvalue weighted by molar-refractivity contribution is -0.144. The molecule has 1 atom stereocenters. The lowest BCUT2D eigenvalue weighted by Crippen LogP contribution is -2.36. The second-order valence-corrected chi connectivity index (χ2v) is 4.45. The van der Waals surface area contributed by atoms with Gasteiger partial charge in [-0.05, 0) is 26.0 Å². The summed E-state index contributed by atoms with van der Waals surface area (Å²) in [4.78, 5) is 24.9. The molecule has 0 spiro atoms. The highest BCUT2D eigenvalue weighted by atomic mass is 16.5. The van der Waals surface area contributed by atoms with E-state index in [1.807, 2.05) is 0 Å². The van der Waals surface area contributed by atoms with Crippen molar-refractivity contribution in [3.8, 4) is 11.5 Å². The summed E-state index contributed by atoms with van der Waals surface area (Å²) in [6.07, 6.45) is 0.0651. The van der Waals surface area contributed by atoms with Crippen LogP contribution in [0.3, 0.4) is 0 Å². The summed E-state index contributed by atoms with van der Waals surface area (Å²) >= 11 is 0. The first kappa shape index (κ1) is 15.8. The van der Waals surface area contributed by atoms with Crippen molar-refractivity contribution in [2.45, 2.75) is 26.3 Å². The van der Waals surface area contributed by atoms with Gasteiger partial charge in [0.25, 0.3) is 5.91 Å². The van der Waals surface area contributed by atoms with Crippen LogP contribution < -0.4 is 0 Å². The summed E-state index contributed by atoms with van der Waals surface area (Å²) in [7, 11) is 1.52. The van der Waals surface area contributed by atoms with Crippen LogP contribution in [-0.4, -0.2) is 46.7 Å². The predicted octanol–water partition coefficient (Wildman–Crippen LogP) is 1.51. The van der Waals surface area contributed by atoms with E-state index in [-0.39, 0.29) is 36.4 Å². The van der Waals surface area contributed by atoms with E-state index in [0.29, 0.717) is 0 Å². The van der Waals surface area contributed by atoms with Crippen LogP contribution in [0.2, 0.25) is 0 Å². The number of carbonyl (C=O) groups is 2. The molecule has 0 radical (unpaired) electrons. The Morgan fingerprint density at radius 3 is 2.60 bits per heavy atom. The second kappa shape index (κ2) is 6.79. The fourth-order valence-electron chi connectivity index (χ4n) is 1.69. The monoisotopic (exact) mass is 281 g/mol. The molecule has 0 heterocycles. The highest BCUT2D eigenvalue weighted by Crippen LogP contribution is 2.29. The van der Waals surface area contributed by atoms with Gasteiger partial charge in [-0.3, -0.25) is 9.59 Å². The zero-order valence-electron chi connectivity index (χ0n) is 11.8. The van der Waals surface area contributed by atoms with Crippen LogP contribution in [-0.2, 0) is 9.53 Å². The standard InChI is InChI=1S/C14H19NO5/c1-4-20-12(17)8-9(2)15(3)14(19)10-6-5-7-11(16)13(10)18/h5-7,9,16,18H,4,8H2,1-3H3. The maximum Gasteiger partial charge on any atom is 0.307 e. The zero-order valence-corrected chi connectivity index (χ0v) is 11.8. The van der Waals surface area contributed by atoms with Crippen LogP contribution in [0.4, 0.5) is 0 Å². The summed E-state index contributed by atoms with van der Waals surface area (Å²) in [5.74, 6) is -1.69. The molecule has 1 amide bonds. The number of amides is 1. The molecule has 6 heteroatoms. The number of esters is 1. The highest BCUT2D eigenvalue weighted by Gasteiger charge is 2.23. The van der Waals surface area contributed by atoms with Crippen LogP contribution in [0.25, 0.3) is 0 Å². The van der Waals surface area contributed by atoms with Gasteiger partial charge in [0.15, 0.2) is 11.5 Å². The van der Waals surface area contributed by atoms with E-state index in [1.165, 1.54) is 30.1 Å². The fraction of sp³-hybridized carbons (Fsp3) is 0.429. The molecule has 1 rings (SSSR count). The normalized spacial score (nSPS) is 11.8. The molecule has 6 nitrogen and oxygen atoms in total. The van der Waals surface area contributed by atoms with Gasteiger partial charge in [-0.1, -0.05) is 6.07 Å². The molecule has 0 aliphatic carbocycles. The Bertz CT molecular complexity index is 500. The summed E-state index contributed by atoms with van der Waals surface area (Å²) in [5, 5.41) is 19.1. The van der Waals surface area contributed by atoms with E-state index in [0.717, 1.165) is 0 Å². The molecule has 0 saturated carbocycles. The SMILES string of the molecule is CCOC(=O)CC(C)N(C)C(=O)c1cccc(O)c1O. The van der Waals surface area contributed by atoms with E-state index >= 15 is 0 Å². The molecule has 20 heavy (non-hydrogen) atoms. The van der Waals surface area contributed by atoms with Gasteiger partial charge in [-0.25, -0.2) is 0 Å². The lowest BCUT2D eigenvalue weighted by Gasteiger charge is -2.24. The lowest BCUT2D eigenvalue weighted by atomic mass is 10.1. The summed E-state index contributed by atoms with van der Waals surface area (Å²) in [5.41, 5.74) is -0.0109. The minimum atomic E-state index is -0.477. The number of ether oxygens (including phenoxy) is 1. The average Bonchev–Trinajstić information content (AvgIpc) is 2.40. The van der Waals surface area contributed by atoms with Crippen LogP contribution in [0.1, 0.15) is 30.6 Å². The van der Waals surface area contributed by atoms with Gasteiger partial charge in [-0.2, -0.15) is 0 Å². The number of para-hydroxylation sites is 1. The number of carbonyl (C=O) groups excluding carboxylic acids is 2. The topological polar surface area (TPSA) is 87.1 Å². The van der Waals surface area contributed by atoms with Crippen LogP contribution >= 0.6 is 0 Å². The summed E-state index contributed by atoms with van der Waals surface area (Å²) in [6.45, 7) is 3.70. The number of hydrogen-bond donors (Lipinski definition) is 2. The van der Waals surface area contributed by atoms with Crippen LogP contribution in [0.15, 0.2) is 18.2 Å². The van der Waals surface area contributed by atoms with Crippen LogP contribution in [0.5, 0.6) is 11.5 Å². The van der Waals surface area contributed by atoms with Crippen molar-refractivity contribution in [3.63, 3.8) is 0 Å². The molecule has 0 fully saturated rings. The van der Waals surface area contributed by atoms with Crippen molar-refractivity contribution in [1.29, 1.82) is 0 Å². The average molecular weight is 281 g/mol. The van der Waals surface area contributed by atoms with E-state index in [2.05, 4.69) is 0 Å². The molecule has 1 aromatic rings. The molecule has 110 valence electrons. The third kappa shape index (κ3) is 3.63. The Labute approximate surface area is 117 Å². The fourth-order valence-corrected chi connectivity index (χ4v) is 1.69. The molecule has 0 aliphatic rings. The van der Waals surface area contributed by atoms with E-state index in [4.69, 9.17) is 4.74 Å². The van der Waals surface area contributed by atoms with Crippen molar-refractivity contribution in [3.05, 3.63) is 23.8 Å². The molecular formula is C14H19NO5. The molecule has 0 saturated heterocycles. The predicted molar refractivity (Wildman–Crippen MR) is 72.6 cm³/mol. The van der Waals surface area contributed by atoms with Gasteiger partial charge in [0.05, 0.1) is 18.6 Å². The Morgan fingerprint density at radius 1 is 1.35 bits per heavy atom. The van der Waals surface area contributed by atoms with Crippen molar-refractivity contribution in [2.75, 3.05) is 13.7 Å². The van der Waals surface area contributed by atoms with Crippen molar-refractivity contribution in [1.82, 2.24) is 4.90 Å². The molecule has 0 bridgehead atoms. The first-order chi connectivity index (χ1) is 9.38. The Kier molecular flexibility index (Phi) is 5.37. The highest BCUT2D eigenvalue weighted by molar-refractivity contribution is 5.97. The van der Waals surface area contributed by atoms with Gasteiger partial charge < -0.3 is 19.8 Å². The van der Waals surface area contributed by atoms with E-state index in [9.17, 15) is 19.8 Å². The number of phenolic OH excluding ortho intramolecular Hbond substituents is 2. The molecule has 0 aromatic heterocycles. The third-order valence-electron chi connectivity index (χ3n) is 2.99. The van der Waals surface area contributed by atoms with Crippen molar-refractivity contribution in [2.24, 2.45) is 0 Å². The van der Waals surface area contributed by atoms with Gasteiger partial charge in [0.2, 0.25) is 0 Å². The number of rotatable bonds is 5. The first-order valence-electron chi connectivity index (χ1n) is 6.32. The third-order valence-corrected chi connectivity index (χ3v) is 2.99. The van der Waals surface area contributed by atoms with Gasteiger partial charge >= 0.3 is 5.97 Å². The number of benzene rings is 1. The second-order valence-electron chi connectivity index (χ2n) is 4.45. The maximum absolute atomic E-state index is 12.2. The van der Waals surface area contributed by atoms with Crippen molar-refractivity contribution < 1.29 is 24.5 Å². The zero-order chi connectivity index (χ0) is 15.3. The Morgan fingerprint density at radius 2 is 2.00 bits per heavy atom. The van der Waals surface area contributed by atoms with Gasteiger partial charge in [0, 0.05) is 13.1 Å². The number of hydrogen-bond acceptors (Lipinski definition) is 5. The Balaban J connectivity index is 2.81. The van der Waals surface area contributed by atoms with Crippen LogP contribution in [0, 0.1) is 0 Å². The number of nitrogens with zero attached hydrogens (tertiary/aromatic N) is 1. The molecular weight excluding hydrogens is 262 g/mol. The minimum absolute atomic E-state index is 0.0109. The van der Waals surface area contributed by atoms with E-state index in [1.54, 1.807) is 13.8 Å². The molecule has 1 unspecified atom stereocenters. The molecule has 0 aliphatic heterocycles. The largest absolute Gasteiger partial charge is 0.504 e. The minimum Gasteiger partial charge on any atom is -0.504 e. The van der Waals surface area contributed by atoms with E-state index < -0.39 is 11.7 Å².